The summed E-state index contributed by atoms with van der Waals surface area (Å²) in [5.41, 5.74) is 8.78. The van der Waals surface area contributed by atoms with Crippen LogP contribution >= 0.6 is 11.3 Å². The van der Waals surface area contributed by atoms with E-state index in [-0.39, 0.29) is 5.69 Å². The molecule has 2 aromatic rings. The summed E-state index contributed by atoms with van der Waals surface area (Å²) in [5.74, 6) is 0.562. The van der Waals surface area contributed by atoms with Crippen LogP contribution in [0.1, 0.15) is 28.9 Å². The number of aromatic nitrogens is 3. The number of anilines is 1. The monoisotopic (exact) mass is 266 g/mol. The van der Waals surface area contributed by atoms with E-state index in [0.29, 0.717) is 18.8 Å². The molecule has 0 fully saturated rings. The number of nitrogens with two attached hydrogens (primary N) is 1. The van der Waals surface area contributed by atoms with Gasteiger partial charge in [0.05, 0.1) is 24.9 Å². The molecule has 6 nitrogen and oxygen atoms in total. The van der Waals surface area contributed by atoms with E-state index in [0.717, 1.165) is 11.5 Å². The third kappa shape index (κ3) is 2.21. The number of carbonyl (C=O) groups excluding carboxylic acids is 1. The van der Waals surface area contributed by atoms with Crippen molar-refractivity contribution in [2.75, 3.05) is 12.8 Å². The molecule has 0 aromatic carbocycles. The SMILES string of the molecule is CCc1nc(C(=O)OC)c(N)n1Cc1cscn1. The fraction of sp³-hybridized carbons (Fsp3) is 0.364. The van der Waals surface area contributed by atoms with Gasteiger partial charge in [-0.15, -0.1) is 11.3 Å². The first-order valence-corrected chi connectivity index (χ1v) is 6.41. The second kappa shape index (κ2) is 5.18. The summed E-state index contributed by atoms with van der Waals surface area (Å²) in [5, 5.41) is 1.94. The third-order valence-electron chi connectivity index (χ3n) is 2.58. The molecule has 0 atom stereocenters. The molecular formula is C11H14N4O2S. The zero-order valence-electron chi connectivity index (χ0n) is 10.2. The minimum atomic E-state index is -0.515. The molecule has 7 heteroatoms. The summed E-state index contributed by atoms with van der Waals surface area (Å²) in [6.45, 7) is 2.48. The molecule has 0 saturated carbocycles. The Morgan fingerprint density at radius 3 is 2.94 bits per heavy atom. The van der Waals surface area contributed by atoms with E-state index in [1.807, 2.05) is 12.3 Å². The van der Waals surface area contributed by atoms with Gasteiger partial charge in [0.1, 0.15) is 11.6 Å². The standard InChI is InChI=1S/C11H14N4O2S/c1-3-8-14-9(11(16)17-2)10(12)15(8)4-7-5-18-6-13-7/h5-6H,3-4,12H2,1-2H3. The minimum Gasteiger partial charge on any atom is -0.464 e. The Labute approximate surface area is 108 Å². The van der Waals surface area contributed by atoms with E-state index in [4.69, 9.17) is 5.73 Å². The molecule has 2 N–H and O–H groups in total. The van der Waals surface area contributed by atoms with Crippen LogP contribution in [0.5, 0.6) is 0 Å². The van der Waals surface area contributed by atoms with E-state index >= 15 is 0 Å². The molecule has 0 unspecified atom stereocenters. The van der Waals surface area contributed by atoms with E-state index in [1.54, 1.807) is 10.1 Å². The summed E-state index contributed by atoms with van der Waals surface area (Å²) in [7, 11) is 1.31. The summed E-state index contributed by atoms with van der Waals surface area (Å²) in [6.07, 6.45) is 0.686. The van der Waals surface area contributed by atoms with Crippen molar-refractivity contribution in [3.63, 3.8) is 0 Å². The predicted octanol–water partition coefficient (Wildman–Crippen LogP) is 1.32. The van der Waals surface area contributed by atoms with E-state index in [1.165, 1.54) is 18.4 Å². The Balaban J connectivity index is 2.39. The van der Waals surface area contributed by atoms with Crippen molar-refractivity contribution in [3.8, 4) is 0 Å². The predicted molar refractivity (Wildman–Crippen MR) is 68.6 cm³/mol. The molecule has 96 valence electrons. The second-order valence-corrected chi connectivity index (χ2v) is 4.39. The van der Waals surface area contributed by atoms with Gasteiger partial charge >= 0.3 is 5.97 Å². The van der Waals surface area contributed by atoms with Crippen molar-refractivity contribution in [2.45, 2.75) is 19.9 Å². The number of imidazole rings is 1. The van der Waals surface area contributed by atoms with Crippen LogP contribution in [0.25, 0.3) is 0 Å². The lowest BCUT2D eigenvalue weighted by molar-refractivity contribution is 0.0595. The largest absolute Gasteiger partial charge is 0.464 e. The van der Waals surface area contributed by atoms with Gasteiger partial charge in [-0.3, -0.25) is 0 Å². The van der Waals surface area contributed by atoms with Gasteiger partial charge in [0.25, 0.3) is 0 Å². The van der Waals surface area contributed by atoms with Crippen LogP contribution < -0.4 is 5.73 Å². The van der Waals surface area contributed by atoms with Gasteiger partial charge in [0, 0.05) is 11.8 Å². The average molecular weight is 266 g/mol. The highest BCUT2D eigenvalue weighted by atomic mass is 32.1. The number of hydrogen-bond donors (Lipinski definition) is 1. The second-order valence-electron chi connectivity index (χ2n) is 3.67. The summed E-state index contributed by atoms with van der Waals surface area (Å²) < 4.78 is 6.45. The Kier molecular flexibility index (Phi) is 3.61. The molecule has 0 amide bonds. The molecule has 0 bridgehead atoms. The van der Waals surface area contributed by atoms with Crippen LogP contribution in [0.15, 0.2) is 10.9 Å². The molecule has 2 heterocycles. The van der Waals surface area contributed by atoms with Crippen molar-refractivity contribution in [2.24, 2.45) is 0 Å². The number of nitrogens with zero attached hydrogens (tertiary/aromatic N) is 3. The highest BCUT2D eigenvalue weighted by molar-refractivity contribution is 7.07. The van der Waals surface area contributed by atoms with Gasteiger partial charge in [-0.05, 0) is 0 Å². The van der Waals surface area contributed by atoms with Gasteiger partial charge in [-0.25, -0.2) is 14.8 Å². The smallest absolute Gasteiger partial charge is 0.360 e. The average Bonchev–Trinajstić information content (AvgIpc) is 2.99. The highest BCUT2D eigenvalue weighted by Gasteiger charge is 2.20. The molecule has 0 aliphatic heterocycles. The number of rotatable bonds is 4. The third-order valence-corrected chi connectivity index (χ3v) is 3.22. The Bertz CT molecular complexity index is 548. The van der Waals surface area contributed by atoms with Crippen LogP contribution in [-0.4, -0.2) is 27.6 Å². The molecule has 2 rings (SSSR count). The van der Waals surface area contributed by atoms with Crippen LogP contribution in [0.4, 0.5) is 5.82 Å². The zero-order valence-corrected chi connectivity index (χ0v) is 11.0. The Hall–Kier alpha value is -1.89. The summed E-state index contributed by atoms with van der Waals surface area (Å²) >= 11 is 1.52. The molecule has 0 spiro atoms. The van der Waals surface area contributed by atoms with Gasteiger partial charge in [-0.1, -0.05) is 6.92 Å². The zero-order chi connectivity index (χ0) is 13.1. The molecule has 0 aliphatic carbocycles. The first kappa shape index (κ1) is 12.6. The first-order valence-electron chi connectivity index (χ1n) is 5.47. The molecule has 0 aliphatic rings. The number of methoxy groups -OCH3 is 1. The van der Waals surface area contributed by atoms with Crippen LogP contribution in [0.2, 0.25) is 0 Å². The number of thiazole rings is 1. The van der Waals surface area contributed by atoms with Gasteiger partial charge in [0.15, 0.2) is 5.69 Å². The molecule has 0 saturated heterocycles. The Morgan fingerprint density at radius 1 is 1.61 bits per heavy atom. The number of nitrogen functional groups attached to an aromatic ring is 1. The first-order chi connectivity index (χ1) is 8.67. The maximum atomic E-state index is 11.5. The number of aryl methyl sites for hydroxylation is 1. The summed E-state index contributed by atoms with van der Waals surface area (Å²) in [6, 6.07) is 0. The van der Waals surface area contributed by atoms with E-state index < -0.39 is 5.97 Å². The van der Waals surface area contributed by atoms with Crippen molar-refractivity contribution < 1.29 is 9.53 Å². The van der Waals surface area contributed by atoms with Crippen molar-refractivity contribution in [1.29, 1.82) is 0 Å². The van der Waals surface area contributed by atoms with Crippen molar-refractivity contribution in [3.05, 3.63) is 28.1 Å². The van der Waals surface area contributed by atoms with Crippen LogP contribution in [0, 0.1) is 0 Å². The molecule has 0 radical (unpaired) electrons. The summed E-state index contributed by atoms with van der Waals surface area (Å²) in [4.78, 5) is 19.9. The number of ether oxygens (including phenoxy) is 1. The fourth-order valence-corrected chi connectivity index (χ4v) is 2.23. The molecule has 18 heavy (non-hydrogen) atoms. The minimum absolute atomic E-state index is 0.171. The van der Waals surface area contributed by atoms with E-state index in [9.17, 15) is 4.79 Å². The van der Waals surface area contributed by atoms with Gasteiger partial charge < -0.3 is 15.0 Å². The van der Waals surface area contributed by atoms with Gasteiger partial charge in [0.2, 0.25) is 0 Å². The fourth-order valence-electron chi connectivity index (χ4n) is 1.68. The molecule has 2 aromatic heterocycles. The lowest BCUT2D eigenvalue weighted by Crippen LogP contribution is -2.10. The topological polar surface area (TPSA) is 83.0 Å². The normalized spacial score (nSPS) is 10.6. The quantitative estimate of drug-likeness (QED) is 0.844. The van der Waals surface area contributed by atoms with Crippen molar-refractivity contribution in [1.82, 2.24) is 14.5 Å². The maximum absolute atomic E-state index is 11.5. The van der Waals surface area contributed by atoms with Crippen LogP contribution in [0.3, 0.4) is 0 Å². The highest BCUT2D eigenvalue weighted by Crippen LogP contribution is 2.18. The lowest BCUT2D eigenvalue weighted by Gasteiger charge is -2.06. The van der Waals surface area contributed by atoms with E-state index in [2.05, 4.69) is 14.7 Å². The number of hydrogen-bond acceptors (Lipinski definition) is 6. The maximum Gasteiger partial charge on any atom is 0.360 e. The lowest BCUT2D eigenvalue weighted by atomic mass is 10.4. The van der Waals surface area contributed by atoms with Gasteiger partial charge in [-0.2, -0.15) is 0 Å². The number of carbonyl (C=O) groups is 1. The van der Waals surface area contributed by atoms with Crippen LogP contribution in [-0.2, 0) is 17.7 Å². The number of esters is 1. The van der Waals surface area contributed by atoms with Crippen molar-refractivity contribution >= 4 is 23.1 Å². The molecular weight excluding hydrogens is 252 g/mol. The Morgan fingerprint density at radius 2 is 2.39 bits per heavy atom.